The minimum Gasteiger partial charge on any atom is -0.345 e. The molecule has 3 rings (SSSR count). The van der Waals surface area contributed by atoms with Crippen LogP contribution in [0.5, 0.6) is 0 Å². The van der Waals surface area contributed by atoms with Crippen LogP contribution in [-0.4, -0.2) is 57.9 Å². The predicted molar refractivity (Wildman–Crippen MR) is 155 cm³/mol. The Balaban J connectivity index is 1.69. The van der Waals surface area contributed by atoms with Gasteiger partial charge in [-0.25, -0.2) is 8.42 Å². The molecule has 0 atom stereocenters. The van der Waals surface area contributed by atoms with Crippen LogP contribution in [0.3, 0.4) is 0 Å². The highest BCUT2D eigenvalue weighted by Gasteiger charge is 2.22. The molecule has 2 N–H and O–H groups in total. The van der Waals surface area contributed by atoms with Crippen LogP contribution in [0, 0.1) is 0 Å². The number of nitrogens with one attached hydrogen (secondary N) is 2. The molecule has 0 aliphatic heterocycles. The summed E-state index contributed by atoms with van der Waals surface area (Å²) in [5, 5.41) is 5.49. The largest absolute Gasteiger partial charge is 0.345 e. The van der Waals surface area contributed by atoms with E-state index in [1.54, 1.807) is 50.5 Å². The fourth-order valence-electron chi connectivity index (χ4n) is 3.76. The molecule has 206 valence electrons. The third-order valence-corrected chi connectivity index (χ3v) is 7.05. The Kier molecular flexibility index (Phi) is 8.81. The van der Waals surface area contributed by atoms with Gasteiger partial charge < -0.3 is 15.5 Å². The van der Waals surface area contributed by atoms with Crippen molar-refractivity contribution in [3.05, 3.63) is 89.5 Å². The van der Waals surface area contributed by atoms with Gasteiger partial charge in [-0.15, -0.1) is 0 Å². The van der Waals surface area contributed by atoms with Crippen molar-refractivity contribution in [2.24, 2.45) is 0 Å². The van der Waals surface area contributed by atoms with E-state index in [9.17, 15) is 22.8 Å². The molecule has 3 amide bonds. The van der Waals surface area contributed by atoms with Crippen molar-refractivity contribution >= 4 is 44.8 Å². The lowest BCUT2D eigenvalue weighted by molar-refractivity contribution is -0.114. The fourth-order valence-corrected chi connectivity index (χ4v) is 4.62. The molecule has 0 aromatic heterocycles. The quantitative estimate of drug-likeness (QED) is 0.433. The van der Waals surface area contributed by atoms with E-state index in [4.69, 9.17) is 0 Å². The first-order chi connectivity index (χ1) is 18.1. The van der Waals surface area contributed by atoms with Crippen LogP contribution < -0.4 is 14.9 Å². The number of hydrogen-bond acceptors (Lipinski definition) is 5. The van der Waals surface area contributed by atoms with Gasteiger partial charge in [-0.1, -0.05) is 39.0 Å². The molecular formula is C29H34N4O5S. The van der Waals surface area contributed by atoms with Crippen molar-refractivity contribution in [3.8, 4) is 0 Å². The first kappa shape index (κ1) is 29.4. The Morgan fingerprint density at radius 1 is 0.795 bits per heavy atom. The molecule has 3 aromatic carbocycles. The lowest BCUT2D eigenvalue weighted by atomic mass is 9.87. The van der Waals surface area contributed by atoms with Crippen molar-refractivity contribution in [3.63, 3.8) is 0 Å². The highest BCUT2D eigenvalue weighted by Crippen LogP contribution is 2.23. The summed E-state index contributed by atoms with van der Waals surface area (Å²) in [6.07, 6.45) is 1.00. The lowest BCUT2D eigenvalue weighted by Gasteiger charge is -2.22. The molecule has 0 aliphatic carbocycles. The molecule has 3 aromatic rings. The summed E-state index contributed by atoms with van der Waals surface area (Å²) in [5.41, 5.74) is 3.10. The SMILES string of the molecule is CN(C)C(=O)c1ccc(N(CC(=O)Nc2cccc(NC(=O)c3ccc(C(C)(C)C)cc3)c2)S(C)(=O)=O)cc1. The highest BCUT2D eigenvalue weighted by molar-refractivity contribution is 7.92. The number of sulfonamides is 1. The summed E-state index contributed by atoms with van der Waals surface area (Å²) in [6.45, 7) is 5.82. The number of benzene rings is 3. The van der Waals surface area contributed by atoms with Gasteiger partial charge in [0.05, 0.1) is 11.9 Å². The topological polar surface area (TPSA) is 116 Å². The summed E-state index contributed by atoms with van der Waals surface area (Å²) < 4.78 is 25.9. The van der Waals surface area contributed by atoms with Crippen LogP contribution >= 0.6 is 0 Å². The average molecular weight is 551 g/mol. The van der Waals surface area contributed by atoms with Crippen LogP contribution in [-0.2, 0) is 20.2 Å². The summed E-state index contributed by atoms with van der Waals surface area (Å²) in [5.74, 6) is -1.09. The number of anilines is 3. The fraction of sp³-hybridized carbons (Fsp3) is 0.276. The summed E-state index contributed by atoms with van der Waals surface area (Å²) in [4.78, 5) is 39.1. The Morgan fingerprint density at radius 2 is 1.33 bits per heavy atom. The van der Waals surface area contributed by atoms with E-state index >= 15 is 0 Å². The van der Waals surface area contributed by atoms with Crippen LogP contribution in [0.1, 0.15) is 47.1 Å². The Bertz CT molecular complexity index is 1460. The molecule has 9 nitrogen and oxygen atoms in total. The number of carbonyl (C=O) groups excluding carboxylic acids is 3. The van der Waals surface area contributed by atoms with Gasteiger partial charge in [-0.2, -0.15) is 0 Å². The van der Waals surface area contributed by atoms with Gasteiger partial charge in [0.2, 0.25) is 15.9 Å². The van der Waals surface area contributed by atoms with Crippen LogP contribution in [0.15, 0.2) is 72.8 Å². The van der Waals surface area contributed by atoms with Gasteiger partial charge in [0.15, 0.2) is 0 Å². The van der Waals surface area contributed by atoms with E-state index in [1.807, 2.05) is 12.1 Å². The van der Waals surface area contributed by atoms with Gasteiger partial charge in [-0.3, -0.25) is 18.7 Å². The minimum absolute atomic E-state index is 0.0250. The molecule has 0 radical (unpaired) electrons. The first-order valence-electron chi connectivity index (χ1n) is 12.3. The molecule has 0 aliphatic rings. The molecule has 0 saturated heterocycles. The maximum absolute atomic E-state index is 12.8. The standard InChI is InChI=1S/C29H34N4O5S/c1-29(2,3)22-14-10-20(11-15-22)27(35)31-24-9-7-8-23(18-24)30-26(34)19-33(39(6,37)38)25-16-12-21(13-17-25)28(36)32(4)5/h7-18H,19H2,1-6H3,(H,30,34)(H,31,35). The molecule has 0 heterocycles. The number of rotatable bonds is 8. The van der Waals surface area contributed by atoms with Gasteiger partial charge in [0.25, 0.3) is 11.8 Å². The second-order valence-electron chi connectivity index (χ2n) is 10.4. The van der Waals surface area contributed by atoms with Crippen LogP contribution in [0.4, 0.5) is 17.1 Å². The number of amides is 3. The highest BCUT2D eigenvalue weighted by atomic mass is 32.2. The first-order valence-corrected chi connectivity index (χ1v) is 14.1. The third kappa shape index (κ3) is 7.90. The van der Waals surface area contributed by atoms with Crippen molar-refractivity contribution in [1.29, 1.82) is 0 Å². The normalized spacial score (nSPS) is 11.4. The molecule has 0 unspecified atom stereocenters. The molecule has 0 spiro atoms. The van der Waals surface area contributed by atoms with Crippen molar-refractivity contribution < 1.29 is 22.8 Å². The maximum atomic E-state index is 12.8. The Hall–Kier alpha value is -4.18. The minimum atomic E-state index is -3.80. The van der Waals surface area contributed by atoms with Gasteiger partial charge in [0.1, 0.15) is 6.54 Å². The monoisotopic (exact) mass is 550 g/mol. The molecule has 0 saturated carbocycles. The summed E-state index contributed by atoms with van der Waals surface area (Å²) >= 11 is 0. The predicted octanol–water partition coefficient (Wildman–Crippen LogP) is 4.34. The number of carbonyl (C=O) groups is 3. The smallest absolute Gasteiger partial charge is 0.255 e. The van der Waals surface area contributed by atoms with Gasteiger partial charge in [-0.05, 0) is 65.6 Å². The zero-order valence-corrected chi connectivity index (χ0v) is 23.8. The third-order valence-electron chi connectivity index (χ3n) is 5.91. The average Bonchev–Trinajstić information content (AvgIpc) is 2.86. The van der Waals surface area contributed by atoms with Gasteiger partial charge >= 0.3 is 0 Å². The van der Waals surface area contributed by atoms with E-state index in [0.717, 1.165) is 16.1 Å². The van der Waals surface area contributed by atoms with E-state index < -0.39 is 22.5 Å². The molecule has 10 heteroatoms. The van der Waals surface area contributed by atoms with Crippen molar-refractivity contribution in [1.82, 2.24) is 4.90 Å². The zero-order valence-electron chi connectivity index (χ0n) is 23.0. The molecule has 0 bridgehead atoms. The van der Waals surface area contributed by atoms with Crippen LogP contribution in [0.2, 0.25) is 0 Å². The number of nitrogens with zero attached hydrogens (tertiary/aromatic N) is 2. The Morgan fingerprint density at radius 3 is 1.85 bits per heavy atom. The second kappa shape index (κ2) is 11.7. The van der Waals surface area contributed by atoms with Crippen molar-refractivity contribution in [2.45, 2.75) is 26.2 Å². The Labute approximate surface area is 229 Å². The van der Waals surface area contributed by atoms with E-state index in [1.165, 1.54) is 29.2 Å². The van der Waals surface area contributed by atoms with Gasteiger partial charge in [0, 0.05) is 36.6 Å². The second-order valence-corrected chi connectivity index (χ2v) is 12.3. The maximum Gasteiger partial charge on any atom is 0.255 e. The molecular weight excluding hydrogens is 516 g/mol. The van der Waals surface area contributed by atoms with Crippen molar-refractivity contribution in [2.75, 3.05) is 41.8 Å². The molecule has 0 fully saturated rings. The lowest BCUT2D eigenvalue weighted by Crippen LogP contribution is -2.37. The van der Waals surface area contributed by atoms with E-state index in [2.05, 4.69) is 31.4 Å². The zero-order chi connectivity index (χ0) is 29.0. The summed E-state index contributed by atoms with van der Waals surface area (Å²) in [7, 11) is -0.564. The van der Waals surface area contributed by atoms with E-state index in [0.29, 0.717) is 22.5 Å². The van der Waals surface area contributed by atoms with Crippen LogP contribution in [0.25, 0.3) is 0 Å². The number of hydrogen-bond donors (Lipinski definition) is 2. The van der Waals surface area contributed by atoms with E-state index in [-0.39, 0.29) is 22.9 Å². The summed E-state index contributed by atoms with van der Waals surface area (Å²) in [6, 6.07) is 20.0. The molecule has 39 heavy (non-hydrogen) atoms.